The van der Waals surface area contributed by atoms with E-state index in [2.05, 4.69) is 15.0 Å². The van der Waals surface area contributed by atoms with Gasteiger partial charge in [-0.05, 0) is 25.7 Å². The number of hydrogen-bond donors (Lipinski definition) is 1. The molecule has 7 nitrogen and oxygen atoms in total. The standard InChI is InChI=1S/C18H18F3N5O2S/c1-4-29-12-5-10(28-17(2,3)16(22)27)7-23-15(12)11-8-26-9-24-13(18(19,20)21)6-14(26)25-11/h5-9H,4H2,1-3H3,(H2,22,27). The Hall–Kier alpha value is -2.82. The molecule has 3 heterocycles. The molecule has 154 valence electrons. The first-order chi connectivity index (χ1) is 13.5. The fraction of sp³-hybridized carbons (Fsp3) is 0.333. The number of amides is 1. The number of nitrogens with zero attached hydrogens (tertiary/aromatic N) is 4. The number of rotatable bonds is 6. The lowest BCUT2D eigenvalue weighted by atomic mass is 10.1. The van der Waals surface area contributed by atoms with Crippen molar-refractivity contribution < 1.29 is 22.7 Å². The summed E-state index contributed by atoms with van der Waals surface area (Å²) in [6, 6.07) is 2.58. The van der Waals surface area contributed by atoms with Crippen molar-refractivity contribution in [2.45, 2.75) is 37.4 Å². The average Bonchev–Trinajstić information content (AvgIpc) is 3.04. The Bertz CT molecular complexity index is 1070. The maximum absolute atomic E-state index is 12.9. The quantitative estimate of drug-likeness (QED) is 0.607. The molecule has 1 amide bonds. The number of halogens is 3. The van der Waals surface area contributed by atoms with Crippen molar-refractivity contribution in [1.82, 2.24) is 19.4 Å². The second-order valence-corrected chi connectivity index (χ2v) is 7.90. The molecular formula is C18H18F3N5O2S. The third-order valence-corrected chi connectivity index (χ3v) is 4.89. The molecule has 2 N–H and O–H groups in total. The van der Waals surface area contributed by atoms with E-state index in [1.54, 1.807) is 26.1 Å². The van der Waals surface area contributed by atoms with Gasteiger partial charge in [0.1, 0.15) is 34.8 Å². The van der Waals surface area contributed by atoms with Crippen molar-refractivity contribution in [3.8, 4) is 17.1 Å². The lowest BCUT2D eigenvalue weighted by Gasteiger charge is -2.23. The number of aromatic nitrogens is 4. The highest BCUT2D eigenvalue weighted by Crippen LogP contribution is 2.34. The molecule has 0 aliphatic carbocycles. The molecule has 0 saturated carbocycles. The van der Waals surface area contributed by atoms with Gasteiger partial charge in [-0.15, -0.1) is 11.8 Å². The third kappa shape index (κ3) is 4.44. The molecular weight excluding hydrogens is 407 g/mol. The Morgan fingerprint density at radius 3 is 2.62 bits per heavy atom. The van der Waals surface area contributed by atoms with E-state index < -0.39 is 23.4 Å². The van der Waals surface area contributed by atoms with Gasteiger partial charge in [0.25, 0.3) is 5.91 Å². The zero-order valence-corrected chi connectivity index (χ0v) is 16.6. The van der Waals surface area contributed by atoms with Gasteiger partial charge in [-0.1, -0.05) is 6.92 Å². The third-order valence-electron chi connectivity index (χ3n) is 3.97. The van der Waals surface area contributed by atoms with Crippen molar-refractivity contribution in [3.63, 3.8) is 0 Å². The number of fused-ring (bicyclic) bond motifs is 1. The molecule has 0 fully saturated rings. The number of hydrogen-bond acceptors (Lipinski definition) is 6. The molecule has 0 bridgehead atoms. The van der Waals surface area contributed by atoms with Crippen molar-refractivity contribution in [2.24, 2.45) is 5.73 Å². The van der Waals surface area contributed by atoms with E-state index in [1.807, 2.05) is 6.92 Å². The van der Waals surface area contributed by atoms with Crippen molar-refractivity contribution in [2.75, 3.05) is 5.75 Å². The van der Waals surface area contributed by atoms with Crippen LogP contribution in [0.5, 0.6) is 5.75 Å². The van der Waals surface area contributed by atoms with Crippen LogP contribution in [0.25, 0.3) is 17.0 Å². The number of carbonyl (C=O) groups is 1. The summed E-state index contributed by atoms with van der Waals surface area (Å²) in [6.45, 7) is 5.03. The number of imidazole rings is 1. The molecule has 29 heavy (non-hydrogen) atoms. The smallest absolute Gasteiger partial charge is 0.433 e. The minimum Gasteiger partial charge on any atom is -0.476 e. The summed E-state index contributed by atoms with van der Waals surface area (Å²) >= 11 is 1.46. The lowest BCUT2D eigenvalue weighted by Crippen LogP contribution is -2.43. The molecule has 3 aromatic heterocycles. The Kier molecular flexibility index (Phi) is 5.44. The molecule has 0 unspecified atom stereocenters. The van der Waals surface area contributed by atoms with Gasteiger partial charge >= 0.3 is 6.18 Å². The monoisotopic (exact) mass is 425 g/mol. The Labute approximate surface area is 168 Å². The van der Waals surface area contributed by atoms with Gasteiger partial charge in [0.05, 0.1) is 6.20 Å². The van der Waals surface area contributed by atoms with Crippen LogP contribution in [0.15, 0.2) is 35.7 Å². The average molecular weight is 425 g/mol. The van der Waals surface area contributed by atoms with E-state index in [4.69, 9.17) is 10.5 Å². The fourth-order valence-electron chi connectivity index (χ4n) is 2.45. The van der Waals surface area contributed by atoms with Crippen molar-refractivity contribution in [1.29, 1.82) is 0 Å². The minimum atomic E-state index is -4.55. The molecule has 0 saturated heterocycles. The Balaban J connectivity index is 2.02. The number of carbonyl (C=O) groups excluding carboxylic acids is 1. The number of alkyl halides is 3. The Morgan fingerprint density at radius 1 is 1.28 bits per heavy atom. The first-order valence-corrected chi connectivity index (χ1v) is 9.54. The highest BCUT2D eigenvalue weighted by atomic mass is 32.2. The van der Waals surface area contributed by atoms with Crippen LogP contribution in [-0.4, -0.2) is 36.6 Å². The first kappa shape index (κ1) is 20.9. The summed E-state index contributed by atoms with van der Waals surface area (Å²) < 4.78 is 45.7. The summed E-state index contributed by atoms with van der Waals surface area (Å²) in [5, 5.41) is 0. The van der Waals surface area contributed by atoms with Crippen LogP contribution in [0.3, 0.4) is 0 Å². The number of ether oxygens (including phenoxy) is 1. The van der Waals surface area contributed by atoms with Crippen LogP contribution < -0.4 is 10.5 Å². The van der Waals surface area contributed by atoms with E-state index in [0.717, 1.165) is 12.4 Å². The number of pyridine rings is 1. The van der Waals surface area contributed by atoms with Gasteiger partial charge in [0.15, 0.2) is 5.60 Å². The second kappa shape index (κ2) is 7.54. The first-order valence-electron chi connectivity index (χ1n) is 8.55. The van der Waals surface area contributed by atoms with Gasteiger partial charge in [-0.3, -0.25) is 9.20 Å². The van der Waals surface area contributed by atoms with Gasteiger partial charge in [0.2, 0.25) is 0 Å². The molecule has 0 aromatic carbocycles. The minimum absolute atomic E-state index is 0.103. The van der Waals surface area contributed by atoms with E-state index in [-0.39, 0.29) is 5.65 Å². The molecule has 0 aliphatic heterocycles. The molecule has 0 spiro atoms. The zero-order chi connectivity index (χ0) is 21.4. The lowest BCUT2D eigenvalue weighted by molar-refractivity contribution is -0.141. The summed E-state index contributed by atoms with van der Waals surface area (Å²) in [4.78, 5) is 24.3. The van der Waals surface area contributed by atoms with Gasteiger partial charge < -0.3 is 10.5 Å². The maximum atomic E-state index is 12.9. The van der Waals surface area contributed by atoms with E-state index in [1.165, 1.54) is 22.4 Å². The maximum Gasteiger partial charge on any atom is 0.433 e. The number of thioether (sulfide) groups is 1. The van der Waals surface area contributed by atoms with Crippen molar-refractivity contribution in [3.05, 3.63) is 36.5 Å². The van der Waals surface area contributed by atoms with Gasteiger partial charge in [-0.25, -0.2) is 15.0 Å². The summed E-state index contributed by atoms with van der Waals surface area (Å²) in [7, 11) is 0. The normalized spacial score (nSPS) is 12.3. The van der Waals surface area contributed by atoms with Crippen LogP contribution in [0.1, 0.15) is 26.5 Å². The zero-order valence-electron chi connectivity index (χ0n) is 15.8. The molecule has 0 radical (unpaired) electrons. The summed E-state index contributed by atoms with van der Waals surface area (Å²) in [5.74, 6) is 0.433. The molecule has 3 aromatic rings. The predicted octanol–water partition coefficient (Wildman–Crippen LogP) is 3.56. The van der Waals surface area contributed by atoms with E-state index >= 15 is 0 Å². The van der Waals surface area contributed by atoms with Gasteiger partial charge in [-0.2, -0.15) is 13.2 Å². The van der Waals surface area contributed by atoms with Crippen LogP contribution in [0.2, 0.25) is 0 Å². The van der Waals surface area contributed by atoms with Gasteiger partial charge in [0, 0.05) is 17.2 Å². The largest absolute Gasteiger partial charge is 0.476 e. The van der Waals surface area contributed by atoms with Crippen LogP contribution in [0, 0.1) is 0 Å². The second-order valence-electron chi connectivity index (χ2n) is 6.59. The fourth-order valence-corrected chi connectivity index (χ4v) is 3.25. The molecule has 0 aliphatic rings. The SMILES string of the molecule is CCSc1cc(OC(C)(C)C(N)=O)cnc1-c1cn2cnc(C(F)(F)F)cc2n1. The van der Waals surface area contributed by atoms with Crippen LogP contribution >= 0.6 is 11.8 Å². The molecule has 11 heteroatoms. The summed E-state index contributed by atoms with van der Waals surface area (Å²) in [5.41, 5.74) is 4.07. The summed E-state index contributed by atoms with van der Waals surface area (Å²) in [6.07, 6.45) is -0.517. The van der Waals surface area contributed by atoms with Crippen LogP contribution in [-0.2, 0) is 11.0 Å². The van der Waals surface area contributed by atoms with Crippen molar-refractivity contribution >= 4 is 23.3 Å². The number of primary amides is 1. The van der Waals surface area contributed by atoms with E-state index in [9.17, 15) is 18.0 Å². The molecule has 3 rings (SSSR count). The highest BCUT2D eigenvalue weighted by molar-refractivity contribution is 7.99. The Morgan fingerprint density at radius 2 is 2.00 bits per heavy atom. The van der Waals surface area contributed by atoms with E-state index in [0.29, 0.717) is 27.8 Å². The topological polar surface area (TPSA) is 95.4 Å². The number of nitrogens with two attached hydrogens (primary N) is 1. The highest BCUT2D eigenvalue weighted by Gasteiger charge is 2.33. The van der Waals surface area contributed by atoms with Crippen LogP contribution in [0.4, 0.5) is 13.2 Å². The molecule has 0 atom stereocenters. The predicted molar refractivity (Wildman–Crippen MR) is 102 cm³/mol.